The first kappa shape index (κ1) is 11.7. The molecule has 0 unspecified atom stereocenters. The van der Waals surface area contributed by atoms with Crippen molar-refractivity contribution in [2.24, 2.45) is 5.73 Å². The van der Waals surface area contributed by atoms with Crippen LogP contribution in [0, 0.1) is 0 Å². The number of carbonyl (C=O) groups is 1. The van der Waals surface area contributed by atoms with Crippen LogP contribution in [0.25, 0.3) is 0 Å². The molecule has 0 saturated carbocycles. The van der Waals surface area contributed by atoms with E-state index in [1.165, 1.54) is 9.88 Å². The van der Waals surface area contributed by atoms with E-state index in [-0.39, 0.29) is 0 Å². The monoisotopic (exact) mass is 242 g/mol. The summed E-state index contributed by atoms with van der Waals surface area (Å²) in [7, 11) is 0. The number of hydrogen-bond donors (Lipinski definition) is 2. The summed E-state index contributed by atoms with van der Waals surface area (Å²) < 4.78 is 0. The molecule has 80 valence electrons. The number of carboxylic acid groups (broad SMARTS) is 1. The third kappa shape index (κ3) is 5.14. The highest BCUT2D eigenvalue weighted by Crippen LogP contribution is 2.15. The number of hydrogen-bond acceptors (Lipinski definition) is 4. The molecule has 2 aromatic rings. The lowest BCUT2D eigenvalue weighted by atomic mass is 10.4. The predicted molar refractivity (Wildman–Crippen MR) is 61.5 cm³/mol. The summed E-state index contributed by atoms with van der Waals surface area (Å²) in [5.41, 5.74) is 4.03. The van der Waals surface area contributed by atoms with Gasteiger partial charge in [-0.05, 0) is 11.4 Å². The maximum absolute atomic E-state index is 8.78. The van der Waals surface area contributed by atoms with Crippen LogP contribution in [0.3, 0.4) is 0 Å². The lowest BCUT2D eigenvalue weighted by Crippen LogP contribution is -2.03. The molecule has 2 rings (SSSR count). The van der Waals surface area contributed by atoms with Gasteiger partial charge in [0, 0.05) is 22.9 Å². The number of rotatable bonds is 2. The van der Waals surface area contributed by atoms with E-state index in [2.05, 4.69) is 28.2 Å². The van der Waals surface area contributed by atoms with E-state index in [4.69, 9.17) is 9.90 Å². The van der Waals surface area contributed by atoms with Gasteiger partial charge in [0.05, 0.1) is 5.01 Å². The molecule has 2 heterocycles. The molecule has 0 aromatic carbocycles. The molecule has 0 saturated heterocycles. The van der Waals surface area contributed by atoms with Gasteiger partial charge < -0.3 is 10.8 Å². The number of thiazole rings is 1. The van der Waals surface area contributed by atoms with Gasteiger partial charge in [0.1, 0.15) is 0 Å². The van der Waals surface area contributed by atoms with Crippen LogP contribution < -0.4 is 5.73 Å². The molecule has 0 aliphatic rings. The standard InChI is InChI=1S/C8H7NS2.CH3NO2/c1-2-7(10-4-1)6-8-9-3-5-11-8;2-1(3)4/h1-5H,6H2;2H2,(H,3,4). The molecule has 0 aliphatic carbocycles. The average molecular weight is 242 g/mol. The Morgan fingerprint density at radius 2 is 2.20 bits per heavy atom. The minimum atomic E-state index is -1.33. The second kappa shape index (κ2) is 6.15. The first-order valence-electron chi connectivity index (χ1n) is 4.07. The largest absolute Gasteiger partial charge is 0.465 e. The Morgan fingerprint density at radius 1 is 1.47 bits per heavy atom. The maximum Gasteiger partial charge on any atom is 0.402 e. The van der Waals surface area contributed by atoms with Gasteiger partial charge in [0.25, 0.3) is 0 Å². The van der Waals surface area contributed by atoms with Crippen LogP contribution in [0.5, 0.6) is 0 Å². The van der Waals surface area contributed by atoms with Crippen molar-refractivity contribution >= 4 is 28.8 Å². The van der Waals surface area contributed by atoms with Crippen LogP contribution in [-0.4, -0.2) is 16.2 Å². The van der Waals surface area contributed by atoms with E-state index >= 15 is 0 Å². The normalized spacial score (nSPS) is 9.07. The summed E-state index contributed by atoms with van der Waals surface area (Å²) >= 11 is 3.50. The fourth-order valence-electron chi connectivity index (χ4n) is 0.902. The van der Waals surface area contributed by atoms with Crippen molar-refractivity contribution in [3.05, 3.63) is 39.0 Å². The van der Waals surface area contributed by atoms with Crippen LogP contribution in [0.15, 0.2) is 29.1 Å². The zero-order chi connectivity index (χ0) is 11.1. The summed E-state index contributed by atoms with van der Waals surface area (Å²) in [4.78, 5) is 14.4. The Morgan fingerprint density at radius 3 is 2.67 bits per heavy atom. The Bertz CT molecular complexity index is 348. The number of thiophene rings is 1. The third-order valence-electron chi connectivity index (χ3n) is 1.39. The quantitative estimate of drug-likeness (QED) is 0.849. The first-order valence-corrected chi connectivity index (χ1v) is 5.83. The Hall–Kier alpha value is -1.40. The summed E-state index contributed by atoms with van der Waals surface area (Å²) in [6.07, 6.45) is 1.52. The number of primary amides is 1. The van der Waals surface area contributed by atoms with Crippen LogP contribution >= 0.6 is 22.7 Å². The zero-order valence-electron chi connectivity index (χ0n) is 7.79. The van der Waals surface area contributed by atoms with Gasteiger partial charge in [0.2, 0.25) is 0 Å². The summed E-state index contributed by atoms with van der Waals surface area (Å²) in [5.74, 6) is 0. The van der Waals surface area contributed by atoms with Crippen LogP contribution in [0.4, 0.5) is 4.79 Å². The van der Waals surface area contributed by atoms with E-state index in [1.54, 1.807) is 22.7 Å². The fourth-order valence-corrected chi connectivity index (χ4v) is 2.34. The molecule has 0 radical (unpaired) electrons. The molecule has 2 aromatic heterocycles. The van der Waals surface area contributed by atoms with Crippen LogP contribution in [0.1, 0.15) is 9.88 Å². The second-order valence-corrected chi connectivity index (χ2v) is 4.53. The predicted octanol–water partition coefficient (Wildman–Crippen LogP) is 2.42. The molecule has 15 heavy (non-hydrogen) atoms. The molecule has 0 atom stereocenters. The smallest absolute Gasteiger partial charge is 0.402 e. The van der Waals surface area contributed by atoms with Crippen molar-refractivity contribution in [1.82, 2.24) is 4.98 Å². The number of nitrogens with zero attached hydrogens (tertiary/aromatic N) is 1. The highest BCUT2D eigenvalue weighted by atomic mass is 32.1. The van der Waals surface area contributed by atoms with E-state index < -0.39 is 6.09 Å². The van der Waals surface area contributed by atoms with E-state index in [9.17, 15) is 0 Å². The average Bonchev–Trinajstić information content (AvgIpc) is 2.76. The molecule has 0 bridgehead atoms. The molecule has 3 N–H and O–H groups in total. The van der Waals surface area contributed by atoms with Crippen molar-refractivity contribution in [1.29, 1.82) is 0 Å². The van der Waals surface area contributed by atoms with Gasteiger partial charge >= 0.3 is 6.09 Å². The summed E-state index contributed by atoms with van der Waals surface area (Å²) in [6, 6.07) is 4.22. The zero-order valence-corrected chi connectivity index (χ0v) is 9.42. The second-order valence-electron chi connectivity index (χ2n) is 2.52. The molecule has 0 spiro atoms. The molecule has 0 fully saturated rings. The molecular weight excluding hydrogens is 232 g/mol. The minimum absolute atomic E-state index is 0.995. The van der Waals surface area contributed by atoms with Gasteiger partial charge in [-0.15, -0.1) is 22.7 Å². The topological polar surface area (TPSA) is 76.2 Å². The van der Waals surface area contributed by atoms with Crippen molar-refractivity contribution in [2.75, 3.05) is 0 Å². The first-order chi connectivity index (χ1) is 7.18. The molecule has 6 heteroatoms. The maximum atomic E-state index is 8.78. The summed E-state index contributed by atoms with van der Waals surface area (Å²) in [5, 5.41) is 12.5. The van der Waals surface area contributed by atoms with Crippen molar-refractivity contribution < 1.29 is 9.90 Å². The van der Waals surface area contributed by atoms with Gasteiger partial charge in [0.15, 0.2) is 0 Å². The lowest BCUT2D eigenvalue weighted by Gasteiger charge is -1.88. The number of aromatic nitrogens is 1. The van der Waals surface area contributed by atoms with Crippen molar-refractivity contribution in [3.63, 3.8) is 0 Å². The molecule has 0 aliphatic heterocycles. The third-order valence-corrected chi connectivity index (χ3v) is 3.05. The fraction of sp³-hybridized carbons (Fsp3) is 0.111. The minimum Gasteiger partial charge on any atom is -0.465 e. The highest BCUT2D eigenvalue weighted by molar-refractivity contribution is 7.11. The van der Waals surface area contributed by atoms with Crippen molar-refractivity contribution in [2.45, 2.75) is 6.42 Å². The van der Waals surface area contributed by atoms with Gasteiger partial charge in [-0.2, -0.15) is 0 Å². The van der Waals surface area contributed by atoms with E-state index in [1.807, 2.05) is 11.6 Å². The van der Waals surface area contributed by atoms with Crippen LogP contribution in [-0.2, 0) is 6.42 Å². The summed E-state index contributed by atoms with van der Waals surface area (Å²) in [6.45, 7) is 0. The Labute approximate surface area is 95.0 Å². The Balaban J connectivity index is 0.000000245. The van der Waals surface area contributed by atoms with Gasteiger partial charge in [-0.3, -0.25) is 0 Å². The van der Waals surface area contributed by atoms with E-state index in [0.29, 0.717) is 0 Å². The highest BCUT2D eigenvalue weighted by Gasteiger charge is 1.97. The SMILES string of the molecule is NC(=O)O.c1csc(Cc2nccs2)c1. The molecule has 1 amide bonds. The lowest BCUT2D eigenvalue weighted by molar-refractivity contribution is 0.205. The van der Waals surface area contributed by atoms with Crippen LogP contribution in [0.2, 0.25) is 0 Å². The molecule has 4 nitrogen and oxygen atoms in total. The van der Waals surface area contributed by atoms with Crippen molar-refractivity contribution in [3.8, 4) is 0 Å². The van der Waals surface area contributed by atoms with Gasteiger partial charge in [-0.1, -0.05) is 6.07 Å². The Kier molecular flexibility index (Phi) is 4.79. The van der Waals surface area contributed by atoms with E-state index in [0.717, 1.165) is 6.42 Å². The van der Waals surface area contributed by atoms with Gasteiger partial charge in [-0.25, -0.2) is 9.78 Å². The number of amides is 1. The molecular formula is C9H10N2O2S2. The number of nitrogens with two attached hydrogens (primary N) is 1.